The maximum absolute atomic E-state index is 6.06. The van der Waals surface area contributed by atoms with Crippen LogP contribution in [0.25, 0.3) is 0 Å². The summed E-state index contributed by atoms with van der Waals surface area (Å²) in [6.07, 6.45) is 5.66. The van der Waals surface area contributed by atoms with E-state index in [1.165, 1.54) is 19.3 Å². The third-order valence-electron chi connectivity index (χ3n) is 3.67. The van der Waals surface area contributed by atoms with Crippen molar-refractivity contribution >= 4 is 11.6 Å². The molecule has 0 N–H and O–H groups in total. The van der Waals surface area contributed by atoms with Gasteiger partial charge in [0.25, 0.3) is 0 Å². The maximum Gasteiger partial charge on any atom is 0.162 e. The Morgan fingerprint density at radius 1 is 1.38 bits per heavy atom. The van der Waals surface area contributed by atoms with Gasteiger partial charge in [0.1, 0.15) is 10.8 Å². The van der Waals surface area contributed by atoms with Gasteiger partial charge >= 0.3 is 0 Å². The Bertz CT molecular complexity index is 408. The molecule has 0 spiro atoms. The van der Waals surface area contributed by atoms with Crippen LogP contribution in [0, 0.1) is 0 Å². The summed E-state index contributed by atoms with van der Waals surface area (Å²) in [7, 11) is 1.74. The molecule has 1 aromatic heterocycles. The summed E-state index contributed by atoms with van der Waals surface area (Å²) < 4.78 is 5.59. The van der Waals surface area contributed by atoms with Crippen molar-refractivity contribution in [1.29, 1.82) is 0 Å². The summed E-state index contributed by atoms with van der Waals surface area (Å²) in [6.45, 7) is 0. The quantitative estimate of drug-likeness (QED) is 0.760. The Balaban J connectivity index is 1.99. The smallest absolute Gasteiger partial charge is 0.162 e. The Labute approximate surface area is 100 Å². The van der Waals surface area contributed by atoms with E-state index < -0.39 is 0 Å². The first-order valence-corrected chi connectivity index (χ1v) is 6.21. The van der Waals surface area contributed by atoms with Gasteiger partial charge in [0.05, 0.1) is 0 Å². The van der Waals surface area contributed by atoms with Crippen molar-refractivity contribution in [2.24, 2.45) is 0 Å². The fraction of sp³-hybridized carbons (Fsp3) is 0.667. The highest BCUT2D eigenvalue weighted by molar-refractivity contribution is 6.29. The minimum Gasteiger partial charge on any atom is -0.370 e. The Morgan fingerprint density at radius 3 is 2.62 bits per heavy atom. The molecular weight excluding hydrogens is 224 g/mol. The zero-order valence-corrected chi connectivity index (χ0v) is 10.1. The average molecular weight is 239 g/mol. The molecule has 0 aliphatic heterocycles. The van der Waals surface area contributed by atoms with Crippen LogP contribution in [0.5, 0.6) is 0 Å². The highest BCUT2D eigenvalue weighted by atomic mass is 35.5. The lowest BCUT2D eigenvalue weighted by Crippen LogP contribution is -2.38. The van der Waals surface area contributed by atoms with Crippen LogP contribution >= 0.6 is 11.6 Å². The average Bonchev–Trinajstić information content (AvgIpc) is 2.99. The first-order valence-electron chi connectivity index (χ1n) is 5.84. The molecule has 4 heteroatoms. The van der Waals surface area contributed by atoms with E-state index in [0.29, 0.717) is 11.1 Å². The number of rotatable bonds is 3. The molecule has 1 aromatic rings. The predicted octanol–water partition coefficient (Wildman–Crippen LogP) is 3.03. The van der Waals surface area contributed by atoms with E-state index in [-0.39, 0.29) is 5.60 Å². The number of nitrogens with zero attached hydrogens (tertiary/aromatic N) is 2. The SMILES string of the molecule is COC1(c2nc(Cl)cc(C3CC3)n2)CCC1. The summed E-state index contributed by atoms with van der Waals surface area (Å²) in [4.78, 5) is 8.98. The van der Waals surface area contributed by atoms with E-state index in [1.54, 1.807) is 7.11 Å². The van der Waals surface area contributed by atoms with Crippen LogP contribution in [0.3, 0.4) is 0 Å². The summed E-state index contributed by atoms with van der Waals surface area (Å²) >= 11 is 6.06. The van der Waals surface area contributed by atoms with Gasteiger partial charge in [-0.2, -0.15) is 0 Å². The maximum atomic E-state index is 6.06. The second-order valence-electron chi connectivity index (χ2n) is 4.77. The third kappa shape index (κ3) is 1.62. The van der Waals surface area contributed by atoms with Crippen LogP contribution < -0.4 is 0 Å². The van der Waals surface area contributed by atoms with Crippen molar-refractivity contribution in [3.63, 3.8) is 0 Å². The van der Waals surface area contributed by atoms with E-state index >= 15 is 0 Å². The molecule has 0 amide bonds. The van der Waals surface area contributed by atoms with Gasteiger partial charge in [-0.3, -0.25) is 0 Å². The summed E-state index contributed by atoms with van der Waals surface area (Å²) in [5, 5.41) is 0.551. The van der Waals surface area contributed by atoms with Crippen molar-refractivity contribution < 1.29 is 4.74 Å². The van der Waals surface area contributed by atoms with Crippen LogP contribution in [-0.4, -0.2) is 17.1 Å². The number of hydrogen-bond donors (Lipinski definition) is 0. The van der Waals surface area contributed by atoms with Gasteiger partial charge in [-0.25, -0.2) is 9.97 Å². The fourth-order valence-electron chi connectivity index (χ4n) is 2.24. The predicted molar refractivity (Wildman–Crippen MR) is 61.6 cm³/mol. The lowest BCUT2D eigenvalue weighted by molar-refractivity contribution is -0.0847. The molecule has 0 unspecified atom stereocenters. The van der Waals surface area contributed by atoms with Crippen LogP contribution in [0.1, 0.15) is 49.5 Å². The Morgan fingerprint density at radius 2 is 2.12 bits per heavy atom. The normalized spacial score (nSPS) is 22.9. The topological polar surface area (TPSA) is 35.0 Å². The van der Waals surface area contributed by atoms with Gasteiger partial charge in [-0.05, 0) is 38.2 Å². The van der Waals surface area contributed by atoms with E-state index in [0.717, 1.165) is 24.4 Å². The number of hydrogen-bond acceptors (Lipinski definition) is 3. The van der Waals surface area contributed by atoms with Gasteiger partial charge in [0.2, 0.25) is 0 Å². The van der Waals surface area contributed by atoms with E-state index in [4.69, 9.17) is 16.3 Å². The molecule has 0 bridgehead atoms. The fourth-order valence-corrected chi connectivity index (χ4v) is 2.44. The standard InChI is InChI=1S/C12H15ClN2O/c1-16-12(5-2-6-12)11-14-9(8-3-4-8)7-10(13)15-11/h7-8H,2-6H2,1H3. The minimum absolute atomic E-state index is 0.255. The van der Waals surface area contributed by atoms with Crippen molar-refractivity contribution in [2.75, 3.05) is 7.11 Å². The molecule has 2 fully saturated rings. The van der Waals surface area contributed by atoms with Crippen molar-refractivity contribution in [3.8, 4) is 0 Å². The lowest BCUT2D eigenvalue weighted by atomic mass is 9.79. The molecule has 3 nitrogen and oxygen atoms in total. The second-order valence-corrected chi connectivity index (χ2v) is 5.15. The highest BCUT2D eigenvalue weighted by Gasteiger charge is 2.42. The van der Waals surface area contributed by atoms with E-state index in [1.807, 2.05) is 6.07 Å². The monoisotopic (exact) mass is 238 g/mol. The van der Waals surface area contributed by atoms with Crippen molar-refractivity contribution in [1.82, 2.24) is 9.97 Å². The molecule has 0 aromatic carbocycles. The highest BCUT2D eigenvalue weighted by Crippen LogP contribution is 2.45. The first kappa shape index (κ1) is 10.5. The molecule has 2 aliphatic rings. The number of halogens is 1. The Kier molecular flexibility index (Phi) is 2.41. The lowest BCUT2D eigenvalue weighted by Gasteiger charge is -2.38. The van der Waals surface area contributed by atoms with Crippen molar-refractivity contribution in [2.45, 2.75) is 43.6 Å². The molecule has 0 saturated heterocycles. The zero-order valence-electron chi connectivity index (χ0n) is 9.37. The third-order valence-corrected chi connectivity index (χ3v) is 3.86. The first-order chi connectivity index (χ1) is 7.73. The molecule has 2 saturated carbocycles. The van der Waals surface area contributed by atoms with Gasteiger partial charge in [0.15, 0.2) is 5.82 Å². The Hall–Kier alpha value is -0.670. The molecule has 0 atom stereocenters. The molecule has 86 valence electrons. The van der Waals surface area contributed by atoms with Crippen LogP contribution in [0.15, 0.2) is 6.07 Å². The largest absolute Gasteiger partial charge is 0.370 e. The molecule has 0 radical (unpaired) electrons. The van der Waals surface area contributed by atoms with Gasteiger partial charge < -0.3 is 4.74 Å². The van der Waals surface area contributed by atoms with Crippen LogP contribution in [0.2, 0.25) is 5.15 Å². The molecule has 1 heterocycles. The van der Waals surface area contributed by atoms with Gasteiger partial charge in [-0.1, -0.05) is 11.6 Å². The van der Waals surface area contributed by atoms with Gasteiger partial charge in [0, 0.05) is 18.7 Å². The minimum atomic E-state index is -0.255. The van der Waals surface area contributed by atoms with Crippen LogP contribution in [0.4, 0.5) is 0 Å². The molecular formula is C12H15ClN2O. The number of aromatic nitrogens is 2. The number of methoxy groups -OCH3 is 1. The van der Waals surface area contributed by atoms with E-state index in [9.17, 15) is 0 Å². The summed E-state index contributed by atoms with van der Waals surface area (Å²) in [5.41, 5.74) is 0.840. The molecule has 16 heavy (non-hydrogen) atoms. The van der Waals surface area contributed by atoms with E-state index in [2.05, 4.69) is 9.97 Å². The summed E-state index contributed by atoms with van der Waals surface area (Å²) in [6, 6.07) is 1.89. The summed E-state index contributed by atoms with van der Waals surface area (Å²) in [5.74, 6) is 1.39. The molecule has 3 rings (SSSR count). The second kappa shape index (κ2) is 3.67. The van der Waals surface area contributed by atoms with Gasteiger partial charge in [-0.15, -0.1) is 0 Å². The van der Waals surface area contributed by atoms with Crippen LogP contribution in [-0.2, 0) is 10.3 Å². The molecule has 2 aliphatic carbocycles. The zero-order chi connectivity index (χ0) is 11.2. The number of ether oxygens (including phenoxy) is 1. The van der Waals surface area contributed by atoms with Crippen molar-refractivity contribution in [3.05, 3.63) is 22.7 Å².